The molecule has 1 aliphatic heterocycles. The van der Waals surface area contributed by atoms with E-state index < -0.39 is 32.6 Å². The minimum absolute atomic E-state index is 0.144. The molecule has 1 aliphatic rings. The van der Waals surface area contributed by atoms with E-state index in [1.54, 1.807) is 6.92 Å². The SMILES string of the molecule is CCNS(=O)(=O)c1ccc(C(CC2CCOCC2)C(=O)O)cc1F. The zero-order valence-corrected chi connectivity index (χ0v) is 14.3. The van der Waals surface area contributed by atoms with Crippen molar-refractivity contribution in [1.82, 2.24) is 4.72 Å². The highest BCUT2D eigenvalue weighted by molar-refractivity contribution is 7.89. The van der Waals surface area contributed by atoms with E-state index in [2.05, 4.69) is 4.72 Å². The number of rotatable bonds is 7. The van der Waals surface area contributed by atoms with Crippen molar-refractivity contribution in [2.24, 2.45) is 5.92 Å². The van der Waals surface area contributed by atoms with Gasteiger partial charge in [-0.3, -0.25) is 4.79 Å². The van der Waals surface area contributed by atoms with Crippen LogP contribution in [0.3, 0.4) is 0 Å². The molecule has 0 spiro atoms. The van der Waals surface area contributed by atoms with Crippen LogP contribution in [0.15, 0.2) is 23.1 Å². The fourth-order valence-electron chi connectivity index (χ4n) is 2.91. The predicted octanol–water partition coefficient (Wildman–Crippen LogP) is 2.11. The van der Waals surface area contributed by atoms with Crippen molar-refractivity contribution in [1.29, 1.82) is 0 Å². The number of hydrogen-bond acceptors (Lipinski definition) is 4. The number of sulfonamides is 1. The summed E-state index contributed by atoms with van der Waals surface area (Å²) in [4.78, 5) is 11.1. The molecule has 0 aliphatic carbocycles. The lowest BCUT2D eigenvalue weighted by Gasteiger charge is -2.25. The first-order valence-corrected chi connectivity index (χ1v) is 9.43. The molecule has 1 aromatic rings. The van der Waals surface area contributed by atoms with Crippen LogP contribution in [0.4, 0.5) is 4.39 Å². The Hall–Kier alpha value is -1.51. The van der Waals surface area contributed by atoms with E-state index in [9.17, 15) is 22.7 Å². The molecule has 1 atom stereocenters. The molecule has 134 valence electrons. The van der Waals surface area contributed by atoms with Crippen molar-refractivity contribution < 1.29 is 27.4 Å². The van der Waals surface area contributed by atoms with E-state index in [1.165, 1.54) is 6.07 Å². The van der Waals surface area contributed by atoms with Gasteiger partial charge >= 0.3 is 5.97 Å². The predicted molar refractivity (Wildman–Crippen MR) is 85.8 cm³/mol. The summed E-state index contributed by atoms with van der Waals surface area (Å²) >= 11 is 0. The Morgan fingerprint density at radius 1 is 1.42 bits per heavy atom. The topological polar surface area (TPSA) is 92.7 Å². The summed E-state index contributed by atoms with van der Waals surface area (Å²) in [6.45, 7) is 2.94. The standard InChI is InChI=1S/C16H22FNO5S/c1-2-18-24(21,22)15-4-3-12(10-14(15)17)13(16(19)20)9-11-5-7-23-8-6-11/h3-4,10-11,13,18H,2,5-9H2,1H3,(H,19,20). The summed E-state index contributed by atoms with van der Waals surface area (Å²) in [6, 6.07) is 3.52. The molecule has 1 heterocycles. The summed E-state index contributed by atoms with van der Waals surface area (Å²) in [6.07, 6.45) is 1.94. The molecule has 0 bridgehead atoms. The molecular formula is C16H22FNO5S. The number of carboxylic acid groups (broad SMARTS) is 1. The molecule has 0 amide bonds. The Morgan fingerprint density at radius 3 is 2.62 bits per heavy atom. The van der Waals surface area contributed by atoms with Gasteiger partial charge in [0.05, 0.1) is 5.92 Å². The summed E-state index contributed by atoms with van der Waals surface area (Å²) in [5.74, 6) is -2.64. The highest BCUT2D eigenvalue weighted by atomic mass is 32.2. The van der Waals surface area contributed by atoms with Gasteiger partial charge in [0.15, 0.2) is 0 Å². The Bertz CT molecular complexity index is 686. The molecule has 0 radical (unpaired) electrons. The average molecular weight is 359 g/mol. The normalized spacial score (nSPS) is 17.6. The Labute approximate surface area is 141 Å². The lowest BCUT2D eigenvalue weighted by molar-refractivity contribution is -0.139. The van der Waals surface area contributed by atoms with Crippen LogP contribution in [0.1, 0.15) is 37.7 Å². The number of halogens is 1. The molecule has 24 heavy (non-hydrogen) atoms. The number of nitrogens with one attached hydrogen (secondary N) is 1. The largest absolute Gasteiger partial charge is 0.481 e. The third-order valence-corrected chi connectivity index (χ3v) is 5.77. The second-order valence-electron chi connectivity index (χ2n) is 5.87. The van der Waals surface area contributed by atoms with Crippen LogP contribution in [0.5, 0.6) is 0 Å². The first-order chi connectivity index (χ1) is 11.3. The van der Waals surface area contributed by atoms with Gasteiger partial charge in [-0.15, -0.1) is 0 Å². The number of hydrogen-bond donors (Lipinski definition) is 2. The highest BCUT2D eigenvalue weighted by Gasteiger charge is 2.27. The third-order valence-electron chi connectivity index (χ3n) is 4.19. The van der Waals surface area contributed by atoms with Crippen molar-refractivity contribution in [3.05, 3.63) is 29.6 Å². The summed E-state index contributed by atoms with van der Waals surface area (Å²) in [5, 5.41) is 9.48. The van der Waals surface area contributed by atoms with Gasteiger partial charge in [0.1, 0.15) is 10.7 Å². The molecule has 1 aromatic carbocycles. The quantitative estimate of drug-likeness (QED) is 0.778. The van der Waals surface area contributed by atoms with Gasteiger partial charge in [-0.2, -0.15) is 0 Å². The second-order valence-corrected chi connectivity index (χ2v) is 7.61. The maximum absolute atomic E-state index is 14.2. The number of aliphatic carboxylic acids is 1. The van der Waals surface area contributed by atoms with E-state index in [1.807, 2.05) is 0 Å². The van der Waals surface area contributed by atoms with Crippen molar-refractivity contribution in [3.8, 4) is 0 Å². The molecule has 1 unspecified atom stereocenters. The van der Waals surface area contributed by atoms with Crippen LogP contribution in [0.25, 0.3) is 0 Å². The monoisotopic (exact) mass is 359 g/mol. The van der Waals surface area contributed by atoms with Crippen LogP contribution in [0.2, 0.25) is 0 Å². The number of carbonyl (C=O) groups is 1. The molecule has 1 fully saturated rings. The lowest BCUT2D eigenvalue weighted by Crippen LogP contribution is -2.25. The number of carboxylic acids is 1. The molecule has 1 saturated heterocycles. The van der Waals surface area contributed by atoms with Crippen molar-refractivity contribution in [2.45, 2.75) is 37.0 Å². The zero-order chi connectivity index (χ0) is 17.7. The van der Waals surface area contributed by atoms with Gasteiger partial charge in [0.2, 0.25) is 10.0 Å². The first-order valence-electron chi connectivity index (χ1n) is 7.94. The molecule has 2 N–H and O–H groups in total. The number of benzene rings is 1. The van der Waals surface area contributed by atoms with Crippen LogP contribution >= 0.6 is 0 Å². The van der Waals surface area contributed by atoms with Crippen LogP contribution < -0.4 is 4.72 Å². The highest BCUT2D eigenvalue weighted by Crippen LogP contribution is 2.31. The Kier molecular flexibility index (Phi) is 6.31. The van der Waals surface area contributed by atoms with Gasteiger partial charge in [-0.25, -0.2) is 17.5 Å². The van der Waals surface area contributed by atoms with Crippen molar-refractivity contribution >= 4 is 16.0 Å². The third kappa shape index (κ3) is 4.52. The second kappa shape index (κ2) is 8.04. The van der Waals surface area contributed by atoms with Gasteiger partial charge in [0.25, 0.3) is 0 Å². The van der Waals surface area contributed by atoms with Crippen LogP contribution in [0, 0.1) is 11.7 Å². The van der Waals surface area contributed by atoms with Crippen LogP contribution in [-0.2, 0) is 19.6 Å². The minimum Gasteiger partial charge on any atom is -0.481 e. The summed E-state index contributed by atoms with van der Waals surface area (Å²) < 4.78 is 45.5. The van der Waals surface area contributed by atoms with E-state index in [0.29, 0.717) is 19.6 Å². The van der Waals surface area contributed by atoms with E-state index in [4.69, 9.17) is 4.74 Å². The first kappa shape index (κ1) is 18.8. The molecule has 0 aromatic heterocycles. The summed E-state index contributed by atoms with van der Waals surface area (Å²) in [5.41, 5.74) is 0.280. The van der Waals surface area contributed by atoms with Gasteiger partial charge in [0, 0.05) is 19.8 Å². The minimum atomic E-state index is -3.92. The zero-order valence-electron chi connectivity index (χ0n) is 13.5. The fraction of sp³-hybridized carbons (Fsp3) is 0.562. The summed E-state index contributed by atoms with van der Waals surface area (Å²) in [7, 11) is -3.92. The molecule has 2 rings (SSSR count). The molecular weight excluding hydrogens is 337 g/mol. The number of ether oxygens (including phenoxy) is 1. The smallest absolute Gasteiger partial charge is 0.310 e. The maximum Gasteiger partial charge on any atom is 0.310 e. The van der Waals surface area contributed by atoms with Gasteiger partial charge in [-0.1, -0.05) is 13.0 Å². The molecule has 8 heteroatoms. The van der Waals surface area contributed by atoms with Crippen molar-refractivity contribution in [3.63, 3.8) is 0 Å². The van der Waals surface area contributed by atoms with E-state index in [0.717, 1.165) is 25.0 Å². The fourth-order valence-corrected chi connectivity index (χ4v) is 4.01. The Morgan fingerprint density at radius 2 is 2.08 bits per heavy atom. The van der Waals surface area contributed by atoms with Crippen molar-refractivity contribution in [2.75, 3.05) is 19.8 Å². The average Bonchev–Trinajstić information content (AvgIpc) is 2.53. The van der Waals surface area contributed by atoms with Gasteiger partial charge < -0.3 is 9.84 Å². The molecule has 0 saturated carbocycles. The van der Waals surface area contributed by atoms with E-state index >= 15 is 0 Å². The molecule has 6 nitrogen and oxygen atoms in total. The maximum atomic E-state index is 14.2. The van der Waals surface area contributed by atoms with Crippen LogP contribution in [-0.4, -0.2) is 39.3 Å². The van der Waals surface area contributed by atoms with Gasteiger partial charge in [-0.05, 0) is 42.9 Å². The lowest BCUT2D eigenvalue weighted by atomic mass is 9.85. The van der Waals surface area contributed by atoms with E-state index in [-0.39, 0.29) is 18.0 Å². The Balaban J connectivity index is 2.25.